The molecule has 2 aromatic rings. The molecule has 0 bridgehead atoms. The molecule has 1 N–H and O–H groups in total. The van der Waals surface area contributed by atoms with Crippen LogP contribution in [0.2, 0.25) is 0 Å². The second-order valence-electron chi connectivity index (χ2n) is 3.87. The topological polar surface area (TPSA) is 50.9 Å². The summed E-state index contributed by atoms with van der Waals surface area (Å²) >= 11 is 6.73. The molecule has 17 heavy (non-hydrogen) atoms. The van der Waals surface area contributed by atoms with E-state index in [1.54, 1.807) is 4.57 Å². The molecule has 0 atom stereocenters. The predicted molar refractivity (Wildman–Crippen MR) is 74.1 cm³/mol. The summed E-state index contributed by atoms with van der Waals surface area (Å²) in [5.74, 6) is 0. The molecule has 4 nitrogen and oxygen atoms in total. The van der Waals surface area contributed by atoms with Crippen molar-refractivity contribution in [1.29, 1.82) is 0 Å². The van der Waals surface area contributed by atoms with E-state index in [1.807, 2.05) is 6.07 Å². The maximum absolute atomic E-state index is 9.80. The monoisotopic (exact) mass is 361 g/mol. The first-order chi connectivity index (χ1) is 8.13. The van der Waals surface area contributed by atoms with E-state index >= 15 is 0 Å². The molecule has 92 valence electrons. The fraction of sp³-hybridized carbons (Fsp3) is 0.455. The molecule has 0 aliphatic heterocycles. The standard InChI is InChI=1S/C11H13Br2N3O/c1-2-3-4-5-16-8-6-7(12)9(13)14-10(8)15-11(16)17/h6H,2-5H2,1H3,(H,14,15,17). The van der Waals surface area contributed by atoms with E-state index < -0.39 is 0 Å². The van der Waals surface area contributed by atoms with Crippen molar-refractivity contribution in [3.05, 3.63) is 15.1 Å². The number of aromatic hydroxyl groups is 1. The lowest BCUT2D eigenvalue weighted by Crippen LogP contribution is -1.97. The number of fused-ring (bicyclic) bond motifs is 1. The second-order valence-corrected chi connectivity index (χ2v) is 5.48. The van der Waals surface area contributed by atoms with Crippen molar-refractivity contribution in [2.24, 2.45) is 0 Å². The van der Waals surface area contributed by atoms with Crippen molar-refractivity contribution in [2.75, 3.05) is 0 Å². The minimum absolute atomic E-state index is 0.0357. The number of unbranched alkanes of at least 4 members (excludes halogenated alkanes) is 2. The lowest BCUT2D eigenvalue weighted by molar-refractivity contribution is 0.397. The number of aryl methyl sites for hydroxylation is 1. The number of hydrogen-bond donors (Lipinski definition) is 1. The molecule has 0 radical (unpaired) electrons. The van der Waals surface area contributed by atoms with Crippen LogP contribution in [-0.2, 0) is 6.54 Å². The van der Waals surface area contributed by atoms with Gasteiger partial charge in [-0.3, -0.25) is 4.57 Å². The van der Waals surface area contributed by atoms with Gasteiger partial charge >= 0.3 is 0 Å². The summed E-state index contributed by atoms with van der Waals surface area (Å²) in [6, 6.07) is 1.96. The summed E-state index contributed by atoms with van der Waals surface area (Å²) in [5, 5.41) is 9.80. The first-order valence-corrected chi connectivity index (χ1v) is 7.13. The molecular formula is C11H13Br2N3O. The normalized spacial score (nSPS) is 11.2. The van der Waals surface area contributed by atoms with Crippen LogP contribution in [0.4, 0.5) is 0 Å². The minimum Gasteiger partial charge on any atom is -0.480 e. The molecule has 2 rings (SSSR count). The number of rotatable bonds is 4. The molecule has 0 aliphatic rings. The van der Waals surface area contributed by atoms with Gasteiger partial charge in [0.15, 0.2) is 5.65 Å². The zero-order valence-corrected chi connectivity index (χ0v) is 12.6. The van der Waals surface area contributed by atoms with Crippen LogP contribution in [0.5, 0.6) is 6.01 Å². The highest BCUT2D eigenvalue weighted by molar-refractivity contribution is 9.13. The Morgan fingerprint density at radius 3 is 2.76 bits per heavy atom. The van der Waals surface area contributed by atoms with E-state index in [1.165, 1.54) is 0 Å². The lowest BCUT2D eigenvalue weighted by atomic mass is 10.2. The molecule has 6 heteroatoms. The zero-order chi connectivity index (χ0) is 12.4. The largest absolute Gasteiger partial charge is 0.480 e. The van der Waals surface area contributed by atoms with Crippen LogP contribution >= 0.6 is 31.9 Å². The average molecular weight is 363 g/mol. The molecule has 0 aromatic carbocycles. The molecule has 2 heterocycles. The predicted octanol–water partition coefficient (Wildman–Crippen LogP) is 3.85. The summed E-state index contributed by atoms with van der Waals surface area (Å²) in [5.41, 5.74) is 1.42. The maximum Gasteiger partial charge on any atom is 0.296 e. The van der Waals surface area contributed by atoms with Crippen molar-refractivity contribution in [3.63, 3.8) is 0 Å². The van der Waals surface area contributed by atoms with E-state index in [9.17, 15) is 5.11 Å². The molecule has 0 amide bonds. The SMILES string of the molecule is CCCCCn1c(O)nc2nc(Br)c(Br)cc21. The van der Waals surface area contributed by atoms with Crippen LogP contribution in [0.1, 0.15) is 26.2 Å². The van der Waals surface area contributed by atoms with E-state index in [4.69, 9.17) is 0 Å². The fourth-order valence-corrected chi connectivity index (χ4v) is 2.32. The van der Waals surface area contributed by atoms with Gasteiger partial charge in [-0.25, -0.2) is 4.98 Å². The highest BCUT2D eigenvalue weighted by Crippen LogP contribution is 2.28. The second kappa shape index (κ2) is 5.35. The van der Waals surface area contributed by atoms with Crippen LogP contribution in [0.25, 0.3) is 11.2 Å². The Labute approximate surface area is 116 Å². The van der Waals surface area contributed by atoms with Crippen molar-refractivity contribution in [1.82, 2.24) is 14.5 Å². The smallest absolute Gasteiger partial charge is 0.296 e. The fourth-order valence-electron chi connectivity index (χ4n) is 1.73. The van der Waals surface area contributed by atoms with Gasteiger partial charge in [-0.05, 0) is 44.3 Å². The molecule has 0 saturated heterocycles. The number of nitrogens with zero attached hydrogens (tertiary/aromatic N) is 3. The van der Waals surface area contributed by atoms with Gasteiger partial charge in [-0.1, -0.05) is 19.8 Å². The van der Waals surface area contributed by atoms with Crippen LogP contribution in [0, 0.1) is 0 Å². The van der Waals surface area contributed by atoms with E-state index in [0.29, 0.717) is 10.3 Å². The first kappa shape index (κ1) is 12.8. The Hall–Kier alpha value is -0.620. The van der Waals surface area contributed by atoms with Gasteiger partial charge in [-0.2, -0.15) is 4.98 Å². The number of aromatic nitrogens is 3. The number of pyridine rings is 1. The Balaban J connectivity index is 2.40. The highest BCUT2D eigenvalue weighted by atomic mass is 79.9. The Morgan fingerprint density at radius 2 is 2.06 bits per heavy atom. The average Bonchev–Trinajstić information content (AvgIpc) is 2.57. The van der Waals surface area contributed by atoms with Crippen LogP contribution in [0.15, 0.2) is 15.1 Å². The molecule has 0 unspecified atom stereocenters. The molecular weight excluding hydrogens is 350 g/mol. The highest BCUT2D eigenvalue weighted by Gasteiger charge is 2.12. The Bertz CT molecular complexity index is 539. The number of hydrogen-bond acceptors (Lipinski definition) is 3. The summed E-state index contributed by atoms with van der Waals surface area (Å²) < 4.78 is 3.36. The zero-order valence-electron chi connectivity index (χ0n) is 9.45. The molecule has 2 aromatic heterocycles. The molecule has 0 fully saturated rings. The molecule has 0 saturated carbocycles. The van der Waals surface area contributed by atoms with Gasteiger partial charge in [0.25, 0.3) is 6.01 Å². The van der Waals surface area contributed by atoms with Crippen molar-refractivity contribution in [2.45, 2.75) is 32.7 Å². The third kappa shape index (κ3) is 2.63. The third-order valence-corrected chi connectivity index (χ3v) is 4.36. The van der Waals surface area contributed by atoms with Crippen molar-refractivity contribution >= 4 is 43.0 Å². The van der Waals surface area contributed by atoms with Crippen molar-refractivity contribution in [3.8, 4) is 6.01 Å². The summed E-state index contributed by atoms with van der Waals surface area (Å²) in [6.45, 7) is 2.92. The van der Waals surface area contributed by atoms with E-state index in [-0.39, 0.29) is 6.01 Å². The maximum atomic E-state index is 9.80. The number of imidazole rings is 1. The molecule has 0 spiro atoms. The van der Waals surface area contributed by atoms with Gasteiger partial charge in [-0.15, -0.1) is 0 Å². The van der Waals surface area contributed by atoms with Gasteiger partial charge in [0.05, 0.1) is 9.99 Å². The third-order valence-electron chi connectivity index (χ3n) is 2.62. The number of halogens is 2. The lowest BCUT2D eigenvalue weighted by Gasteiger charge is -2.04. The molecule has 0 aliphatic carbocycles. The van der Waals surface area contributed by atoms with Gasteiger partial charge < -0.3 is 5.11 Å². The van der Waals surface area contributed by atoms with Gasteiger partial charge in [0, 0.05) is 6.54 Å². The summed E-state index contributed by atoms with van der Waals surface area (Å²) in [6.07, 6.45) is 3.33. The quantitative estimate of drug-likeness (QED) is 0.663. The van der Waals surface area contributed by atoms with Gasteiger partial charge in [0.1, 0.15) is 4.60 Å². The Kier molecular flexibility index (Phi) is 4.04. The minimum atomic E-state index is 0.0357. The summed E-state index contributed by atoms with van der Waals surface area (Å²) in [7, 11) is 0. The van der Waals surface area contributed by atoms with Gasteiger partial charge in [0.2, 0.25) is 0 Å². The Morgan fingerprint density at radius 1 is 1.29 bits per heavy atom. The van der Waals surface area contributed by atoms with Crippen LogP contribution < -0.4 is 0 Å². The van der Waals surface area contributed by atoms with Crippen LogP contribution in [-0.4, -0.2) is 19.6 Å². The van der Waals surface area contributed by atoms with E-state index in [2.05, 4.69) is 48.8 Å². The van der Waals surface area contributed by atoms with Crippen molar-refractivity contribution < 1.29 is 5.11 Å². The summed E-state index contributed by atoms with van der Waals surface area (Å²) in [4.78, 5) is 8.31. The first-order valence-electron chi connectivity index (χ1n) is 5.54. The van der Waals surface area contributed by atoms with E-state index in [0.717, 1.165) is 35.8 Å². The van der Waals surface area contributed by atoms with Crippen LogP contribution in [0.3, 0.4) is 0 Å².